The highest BCUT2D eigenvalue weighted by Crippen LogP contribution is 2.26. The summed E-state index contributed by atoms with van der Waals surface area (Å²) >= 11 is 2.02. The molecule has 1 saturated heterocycles. The molecule has 0 spiro atoms. The van der Waals surface area contributed by atoms with Gasteiger partial charge in [-0.15, -0.1) is 0 Å². The molecule has 1 fully saturated rings. The Kier molecular flexibility index (Phi) is 3.71. The predicted octanol–water partition coefficient (Wildman–Crippen LogP) is 1.79. The summed E-state index contributed by atoms with van der Waals surface area (Å²) in [6.07, 6.45) is 1.89. The van der Waals surface area contributed by atoms with Crippen molar-refractivity contribution in [2.45, 2.75) is 26.4 Å². The Morgan fingerprint density at radius 3 is 3.12 bits per heavy atom. The summed E-state index contributed by atoms with van der Waals surface area (Å²) in [5.41, 5.74) is 8.28. The van der Waals surface area contributed by atoms with Crippen molar-refractivity contribution in [2.24, 2.45) is 5.73 Å². The second-order valence-corrected chi connectivity index (χ2v) is 5.40. The summed E-state index contributed by atoms with van der Waals surface area (Å²) in [4.78, 5) is 6.92. The van der Waals surface area contributed by atoms with Crippen molar-refractivity contribution in [3.63, 3.8) is 0 Å². The number of hydrogen-bond donors (Lipinski definition) is 1. The molecule has 0 bridgehead atoms. The molecule has 1 aliphatic heterocycles. The van der Waals surface area contributed by atoms with Crippen LogP contribution in [-0.2, 0) is 6.54 Å². The standard InChI is InChI=1S/C12H19N3S/c1-9-3-4-14-12(11(9)7-13)15-5-6-16-8-10(15)2/h3-4,10H,5-8,13H2,1-2H3. The molecule has 4 heteroatoms. The smallest absolute Gasteiger partial charge is 0.133 e. The first-order chi connectivity index (χ1) is 7.74. The predicted molar refractivity (Wildman–Crippen MR) is 71.0 cm³/mol. The molecule has 3 nitrogen and oxygen atoms in total. The second kappa shape index (κ2) is 5.06. The molecular formula is C12H19N3S. The molecule has 0 amide bonds. The van der Waals surface area contributed by atoms with E-state index in [1.165, 1.54) is 22.6 Å². The molecule has 1 aromatic heterocycles. The van der Waals surface area contributed by atoms with Gasteiger partial charge in [0.25, 0.3) is 0 Å². The van der Waals surface area contributed by atoms with Gasteiger partial charge < -0.3 is 10.6 Å². The van der Waals surface area contributed by atoms with Crippen LogP contribution in [0.2, 0.25) is 0 Å². The number of hydrogen-bond acceptors (Lipinski definition) is 4. The highest BCUT2D eigenvalue weighted by atomic mass is 32.2. The van der Waals surface area contributed by atoms with Gasteiger partial charge in [-0.3, -0.25) is 0 Å². The average Bonchev–Trinajstić information content (AvgIpc) is 2.29. The zero-order chi connectivity index (χ0) is 11.5. The maximum atomic E-state index is 5.83. The summed E-state index contributed by atoms with van der Waals surface area (Å²) in [5.74, 6) is 3.46. The van der Waals surface area contributed by atoms with E-state index in [-0.39, 0.29) is 0 Å². The van der Waals surface area contributed by atoms with E-state index in [1.807, 2.05) is 24.0 Å². The molecule has 1 aliphatic rings. The molecule has 2 N–H and O–H groups in total. The summed E-state index contributed by atoms with van der Waals surface area (Å²) < 4.78 is 0. The molecule has 0 radical (unpaired) electrons. The van der Waals surface area contributed by atoms with Gasteiger partial charge >= 0.3 is 0 Å². The van der Waals surface area contributed by atoms with Crippen LogP contribution in [0.15, 0.2) is 12.3 Å². The van der Waals surface area contributed by atoms with Crippen LogP contribution in [0, 0.1) is 6.92 Å². The van der Waals surface area contributed by atoms with Crippen LogP contribution in [0.3, 0.4) is 0 Å². The number of rotatable bonds is 2. The number of nitrogens with zero attached hydrogens (tertiary/aromatic N) is 2. The van der Waals surface area contributed by atoms with Crippen LogP contribution >= 0.6 is 11.8 Å². The summed E-state index contributed by atoms with van der Waals surface area (Å²) in [6, 6.07) is 2.59. The van der Waals surface area contributed by atoms with Gasteiger partial charge in [0.05, 0.1) is 0 Å². The number of anilines is 1. The number of pyridine rings is 1. The summed E-state index contributed by atoms with van der Waals surface area (Å²) in [6.45, 7) is 6.02. The fraction of sp³-hybridized carbons (Fsp3) is 0.583. The Morgan fingerprint density at radius 1 is 1.62 bits per heavy atom. The average molecular weight is 237 g/mol. The fourth-order valence-corrected chi connectivity index (χ4v) is 3.13. The Bertz CT molecular complexity index is 367. The lowest BCUT2D eigenvalue weighted by Crippen LogP contribution is -2.41. The molecule has 2 heterocycles. The minimum absolute atomic E-state index is 0.554. The number of aromatic nitrogens is 1. The first kappa shape index (κ1) is 11.7. The Balaban J connectivity index is 2.34. The molecule has 1 unspecified atom stereocenters. The number of nitrogens with two attached hydrogens (primary N) is 1. The van der Waals surface area contributed by atoms with E-state index in [4.69, 9.17) is 5.73 Å². The van der Waals surface area contributed by atoms with E-state index in [1.54, 1.807) is 0 Å². The SMILES string of the molecule is Cc1ccnc(N2CCSCC2C)c1CN. The Hall–Kier alpha value is -0.740. The Morgan fingerprint density at radius 2 is 2.44 bits per heavy atom. The second-order valence-electron chi connectivity index (χ2n) is 4.25. The van der Waals surface area contributed by atoms with E-state index in [0.29, 0.717) is 12.6 Å². The van der Waals surface area contributed by atoms with E-state index >= 15 is 0 Å². The number of aryl methyl sites for hydroxylation is 1. The van der Waals surface area contributed by atoms with Crippen molar-refractivity contribution in [1.29, 1.82) is 0 Å². The van der Waals surface area contributed by atoms with Crippen molar-refractivity contribution in [3.05, 3.63) is 23.4 Å². The van der Waals surface area contributed by atoms with Crippen LogP contribution in [0.1, 0.15) is 18.1 Å². The van der Waals surface area contributed by atoms with Gasteiger partial charge in [-0.2, -0.15) is 11.8 Å². The molecule has 2 rings (SSSR count). The van der Waals surface area contributed by atoms with Crippen molar-refractivity contribution in [2.75, 3.05) is 23.0 Å². The van der Waals surface area contributed by atoms with Crippen molar-refractivity contribution in [1.82, 2.24) is 4.98 Å². The molecule has 88 valence electrons. The third-order valence-corrected chi connectivity index (χ3v) is 4.30. The van der Waals surface area contributed by atoms with E-state index in [0.717, 1.165) is 12.4 Å². The zero-order valence-electron chi connectivity index (χ0n) is 9.94. The van der Waals surface area contributed by atoms with E-state index in [9.17, 15) is 0 Å². The third kappa shape index (κ3) is 2.18. The van der Waals surface area contributed by atoms with Gasteiger partial charge in [-0.05, 0) is 25.5 Å². The van der Waals surface area contributed by atoms with E-state index in [2.05, 4.69) is 23.7 Å². The van der Waals surface area contributed by atoms with Gasteiger partial charge in [0.15, 0.2) is 0 Å². The fourth-order valence-electron chi connectivity index (χ4n) is 2.12. The van der Waals surface area contributed by atoms with Crippen molar-refractivity contribution < 1.29 is 0 Å². The highest BCUT2D eigenvalue weighted by molar-refractivity contribution is 7.99. The minimum atomic E-state index is 0.554. The molecule has 1 aromatic rings. The highest BCUT2D eigenvalue weighted by Gasteiger charge is 2.22. The minimum Gasteiger partial charge on any atom is -0.352 e. The van der Waals surface area contributed by atoms with Crippen LogP contribution < -0.4 is 10.6 Å². The largest absolute Gasteiger partial charge is 0.352 e. The number of thioether (sulfide) groups is 1. The van der Waals surface area contributed by atoms with Gasteiger partial charge in [0.1, 0.15) is 5.82 Å². The van der Waals surface area contributed by atoms with Crippen LogP contribution in [0.5, 0.6) is 0 Å². The van der Waals surface area contributed by atoms with Gasteiger partial charge in [0.2, 0.25) is 0 Å². The maximum absolute atomic E-state index is 5.83. The van der Waals surface area contributed by atoms with Crippen LogP contribution in [-0.4, -0.2) is 29.1 Å². The van der Waals surface area contributed by atoms with Gasteiger partial charge in [-0.25, -0.2) is 4.98 Å². The molecule has 16 heavy (non-hydrogen) atoms. The third-order valence-electron chi connectivity index (χ3n) is 3.11. The zero-order valence-corrected chi connectivity index (χ0v) is 10.8. The lowest BCUT2D eigenvalue weighted by atomic mass is 10.1. The molecule has 0 aromatic carbocycles. The van der Waals surface area contributed by atoms with Crippen molar-refractivity contribution >= 4 is 17.6 Å². The normalized spacial score (nSPS) is 21.2. The monoisotopic (exact) mass is 237 g/mol. The van der Waals surface area contributed by atoms with Crippen molar-refractivity contribution in [3.8, 4) is 0 Å². The molecular weight excluding hydrogens is 218 g/mol. The van der Waals surface area contributed by atoms with Crippen LogP contribution in [0.4, 0.5) is 5.82 Å². The van der Waals surface area contributed by atoms with Crippen LogP contribution in [0.25, 0.3) is 0 Å². The first-order valence-electron chi connectivity index (χ1n) is 5.73. The molecule has 1 atom stereocenters. The molecule has 0 aliphatic carbocycles. The lowest BCUT2D eigenvalue weighted by Gasteiger charge is -2.35. The molecule has 0 saturated carbocycles. The Labute approximate surface area is 101 Å². The topological polar surface area (TPSA) is 42.2 Å². The first-order valence-corrected chi connectivity index (χ1v) is 6.88. The summed E-state index contributed by atoms with van der Waals surface area (Å²) in [5, 5.41) is 0. The van der Waals surface area contributed by atoms with Gasteiger partial charge in [-0.1, -0.05) is 0 Å². The summed E-state index contributed by atoms with van der Waals surface area (Å²) in [7, 11) is 0. The van der Waals surface area contributed by atoms with Gasteiger partial charge in [0, 0.05) is 42.4 Å². The van der Waals surface area contributed by atoms with E-state index < -0.39 is 0 Å². The lowest BCUT2D eigenvalue weighted by molar-refractivity contribution is 0.684. The quantitative estimate of drug-likeness (QED) is 0.851. The maximum Gasteiger partial charge on any atom is 0.133 e.